The monoisotopic (exact) mass is 404 g/mol. The highest BCUT2D eigenvalue weighted by molar-refractivity contribution is 5.95. The van der Waals surface area contributed by atoms with Gasteiger partial charge in [-0.3, -0.25) is 19.0 Å². The number of aromatic nitrogens is 2. The molecule has 7 heteroatoms. The first-order valence-electron chi connectivity index (χ1n) is 9.56. The number of carbonyl (C=O) groups excluding carboxylic acids is 2. The lowest BCUT2D eigenvalue weighted by molar-refractivity contribution is -0.116. The number of hydrogen-bond acceptors (Lipinski definition) is 5. The Hall–Kier alpha value is -3.74. The molecule has 2 N–H and O–H groups in total. The Morgan fingerprint density at radius 2 is 1.57 bits per heavy atom. The Balaban J connectivity index is 1.83. The van der Waals surface area contributed by atoms with Crippen LogP contribution in [-0.4, -0.2) is 21.2 Å². The highest BCUT2D eigenvalue weighted by Crippen LogP contribution is 2.18. The molecule has 0 atom stereocenters. The van der Waals surface area contributed by atoms with Crippen molar-refractivity contribution in [1.82, 2.24) is 9.55 Å². The molecule has 2 aromatic carbocycles. The summed E-state index contributed by atoms with van der Waals surface area (Å²) in [5.41, 5.74) is 4.28. The minimum Gasteiger partial charge on any atom is -0.325 e. The van der Waals surface area contributed by atoms with Crippen molar-refractivity contribution in [1.29, 1.82) is 0 Å². The van der Waals surface area contributed by atoms with Gasteiger partial charge in [0.2, 0.25) is 11.9 Å². The SMILES string of the molecule is CC(=O)c1ccc(NC(=O)Cn2c(Nc3cc(C)cc(C)c3)nc(C)cc2=O)cc1. The molecule has 0 fully saturated rings. The number of aryl methyl sites for hydroxylation is 3. The molecule has 30 heavy (non-hydrogen) atoms. The highest BCUT2D eigenvalue weighted by Gasteiger charge is 2.13. The Labute approximate surface area is 174 Å². The molecule has 1 aromatic heterocycles. The fourth-order valence-electron chi connectivity index (χ4n) is 3.18. The Morgan fingerprint density at radius 3 is 2.17 bits per heavy atom. The third-order valence-corrected chi connectivity index (χ3v) is 4.49. The van der Waals surface area contributed by atoms with Crippen LogP contribution in [0.15, 0.2) is 53.3 Å². The molecular weight excluding hydrogens is 380 g/mol. The highest BCUT2D eigenvalue weighted by atomic mass is 16.2. The van der Waals surface area contributed by atoms with Gasteiger partial charge in [-0.25, -0.2) is 4.98 Å². The topological polar surface area (TPSA) is 93.1 Å². The largest absolute Gasteiger partial charge is 0.325 e. The normalized spacial score (nSPS) is 10.5. The second-order valence-electron chi connectivity index (χ2n) is 7.33. The molecule has 0 aliphatic carbocycles. The van der Waals surface area contributed by atoms with E-state index in [9.17, 15) is 14.4 Å². The third-order valence-electron chi connectivity index (χ3n) is 4.49. The van der Waals surface area contributed by atoms with E-state index in [2.05, 4.69) is 15.6 Å². The van der Waals surface area contributed by atoms with Crippen LogP contribution in [0.5, 0.6) is 0 Å². The fourth-order valence-corrected chi connectivity index (χ4v) is 3.18. The predicted octanol–water partition coefficient (Wildman–Crippen LogP) is 3.75. The van der Waals surface area contributed by atoms with Crippen LogP contribution in [0.25, 0.3) is 0 Å². The van der Waals surface area contributed by atoms with Crippen LogP contribution in [0, 0.1) is 20.8 Å². The molecule has 3 rings (SSSR count). The van der Waals surface area contributed by atoms with Crippen LogP contribution in [0.2, 0.25) is 0 Å². The Bertz CT molecular complexity index is 1140. The van der Waals surface area contributed by atoms with Gasteiger partial charge in [-0.05, 0) is 75.2 Å². The Morgan fingerprint density at radius 1 is 0.933 bits per heavy atom. The van der Waals surface area contributed by atoms with Crippen molar-refractivity contribution < 1.29 is 9.59 Å². The average Bonchev–Trinajstić information content (AvgIpc) is 2.64. The first-order chi connectivity index (χ1) is 14.2. The van der Waals surface area contributed by atoms with E-state index in [4.69, 9.17) is 0 Å². The summed E-state index contributed by atoms with van der Waals surface area (Å²) in [6, 6.07) is 13.9. The standard InChI is InChI=1S/C23H24N4O3/c1-14-9-15(2)11-20(10-14)26-23-24-16(3)12-22(30)27(23)13-21(29)25-19-7-5-18(6-8-19)17(4)28/h5-12H,13H2,1-4H3,(H,24,26)(H,25,29). The van der Waals surface area contributed by atoms with Crippen LogP contribution in [-0.2, 0) is 11.3 Å². The number of Topliss-reactive ketones (excluding diaryl/α,β-unsaturated/α-hetero) is 1. The summed E-state index contributed by atoms with van der Waals surface area (Å²) >= 11 is 0. The number of hydrogen-bond donors (Lipinski definition) is 2. The van der Waals surface area contributed by atoms with E-state index in [0.29, 0.717) is 22.9 Å². The molecule has 1 heterocycles. The van der Waals surface area contributed by atoms with E-state index >= 15 is 0 Å². The summed E-state index contributed by atoms with van der Waals surface area (Å²) in [5.74, 6) is -0.124. The second-order valence-corrected chi connectivity index (χ2v) is 7.33. The zero-order chi connectivity index (χ0) is 21.8. The first kappa shape index (κ1) is 21.0. The summed E-state index contributed by atoms with van der Waals surface area (Å²) in [6.45, 7) is 6.98. The quantitative estimate of drug-likeness (QED) is 0.610. The van der Waals surface area contributed by atoms with Gasteiger partial charge in [-0.15, -0.1) is 0 Å². The number of amides is 1. The summed E-state index contributed by atoms with van der Waals surface area (Å²) in [5, 5.41) is 5.90. The van der Waals surface area contributed by atoms with E-state index < -0.39 is 0 Å². The van der Waals surface area contributed by atoms with Crippen molar-refractivity contribution in [3.8, 4) is 0 Å². The fraction of sp³-hybridized carbons (Fsp3) is 0.217. The minimum atomic E-state index is -0.373. The van der Waals surface area contributed by atoms with Gasteiger partial charge < -0.3 is 10.6 Å². The molecule has 7 nitrogen and oxygen atoms in total. The minimum absolute atomic E-state index is 0.0488. The molecule has 0 aliphatic heterocycles. The van der Waals surface area contributed by atoms with Gasteiger partial charge in [-0.2, -0.15) is 0 Å². The lowest BCUT2D eigenvalue weighted by Gasteiger charge is -2.15. The number of ketones is 1. The molecule has 0 unspecified atom stereocenters. The molecule has 0 radical (unpaired) electrons. The number of nitrogens with one attached hydrogen (secondary N) is 2. The van der Waals surface area contributed by atoms with Crippen molar-refractivity contribution in [2.45, 2.75) is 34.2 Å². The summed E-state index contributed by atoms with van der Waals surface area (Å²) in [6.07, 6.45) is 0. The van der Waals surface area contributed by atoms with Crippen LogP contribution in [0.4, 0.5) is 17.3 Å². The number of benzene rings is 2. The molecule has 0 spiro atoms. The summed E-state index contributed by atoms with van der Waals surface area (Å²) in [7, 11) is 0. The van der Waals surface area contributed by atoms with E-state index in [1.54, 1.807) is 31.2 Å². The lowest BCUT2D eigenvalue weighted by Crippen LogP contribution is -2.30. The van der Waals surface area contributed by atoms with Crippen LogP contribution < -0.4 is 16.2 Å². The average molecular weight is 404 g/mol. The maximum Gasteiger partial charge on any atom is 0.255 e. The molecule has 1 amide bonds. The van der Waals surface area contributed by atoms with Crippen LogP contribution in [0.1, 0.15) is 34.1 Å². The number of rotatable bonds is 6. The maximum absolute atomic E-state index is 12.6. The smallest absolute Gasteiger partial charge is 0.255 e. The van der Waals surface area contributed by atoms with Gasteiger partial charge in [0.1, 0.15) is 6.54 Å². The first-order valence-corrected chi connectivity index (χ1v) is 9.56. The predicted molar refractivity (Wildman–Crippen MR) is 118 cm³/mol. The summed E-state index contributed by atoms with van der Waals surface area (Å²) < 4.78 is 1.30. The number of nitrogens with zero attached hydrogens (tertiary/aromatic N) is 2. The zero-order valence-electron chi connectivity index (χ0n) is 17.4. The van der Waals surface area contributed by atoms with Gasteiger partial charge in [0.25, 0.3) is 5.56 Å². The molecule has 154 valence electrons. The molecular formula is C23H24N4O3. The molecule has 0 aliphatic rings. The third kappa shape index (κ3) is 5.20. The van der Waals surface area contributed by atoms with Crippen molar-refractivity contribution in [2.24, 2.45) is 0 Å². The van der Waals surface area contributed by atoms with Crippen molar-refractivity contribution in [3.63, 3.8) is 0 Å². The number of carbonyl (C=O) groups is 2. The Kier molecular flexibility index (Phi) is 6.11. The van der Waals surface area contributed by atoms with Gasteiger partial charge in [0.15, 0.2) is 5.78 Å². The van der Waals surface area contributed by atoms with Crippen molar-refractivity contribution in [2.75, 3.05) is 10.6 Å². The zero-order valence-corrected chi connectivity index (χ0v) is 17.4. The van der Waals surface area contributed by atoms with Crippen LogP contribution >= 0.6 is 0 Å². The summed E-state index contributed by atoms with van der Waals surface area (Å²) in [4.78, 5) is 40.9. The van der Waals surface area contributed by atoms with E-state index in [1.165, 1.54) is 17.6 Å². The van der Waals surface area contributed by atoms with Gasteiger partial charge >= 0.3 is 0 Å². The molecule has 0 saturated carbocycles. The van der Waals surface area contributed by atoms with Crippen LogP contribution in [0.3, 0.4) is 0 Å². The van der Waals surface area contributed by atoms with Crippen molar-refractivity contribution >= 4 is 29.0 Å². The van der Waals surface area contributed by atoms with E-state index in [-0.39, 0.29) is 23.8 Å². The number of anilines is 3. The lowest BCUT2D eigenvalue weighted by atomic mass is 10.1. The molecule has 0 bridgehead atoms. The van der Waals surface area contributed by atoms with Crippen molar-refractivity contribution in [3.05, 3.63) is 81.3 Å². The van der Waals surface area contributed by atoms with Gasteiger partial charge in [0, 0.05) is 28.7 Å². The maximum atomic E-state index is 12.6. The second kappa shape index (κ2) is 8.73. The van der Waals surface area contributed by atoms with E-state index in [1.807, 2.05) is 32.0 Å². The van der Waals surface area contributed by atoms with Gasteiger partial charge in [-0.1, -0.05) is 6.07 Å². The van der Waals surface area contributed by atoms with Gasteiger partial charge in [0.05, 0.1) is 0 Å². The van der Waals surface area contributed by atoms with E-state index in [0.717, 1.165) is 16.8 Å². The molecule has 0 saturated heterocycles. The molecule has 3 aromatic rings.